The summed E-state index contributed by atoms with van der Waals surface area (Å²) < 4.78 is 7.98. The highest BCUT2D eigenvalue weighted by atomic mass is 32.1. The van der Waals surface area contributed by atoms with E-state index >= 15 is 0 Å². The van der Waals surface area contributed by atoms with Crippen LogP contribution in [0.1, 0.15) is 0 Å². The van der Waals surface area contributed by atoms with Gasteiger partial charge in [0.05, 0.1) is 26.0 Å². The van der Waals surface area contributed by atoms with E-state index in [1.165, 1.54) is 11.3 Å². The van der Waals surface area contributed by atoms with Gasteiger partial charge in [-0.3, -0.25) is 9.80 Å². The molecule has 25 heavy (non-hydrogen) atoms. The number of hydrogen-bond acceptors (Lipinski definition) is 7. The minimum absolute atomic E-state index is 0.701. The van der Waals surface area contributed by atoms with E-state index in [0.717, 1.165) is 53.2 Å². The minimum Gasteiger partial charge on any atom is -0.495 e. The number of rotatable bonds is 6. The Bertz CT molecular complexity index is 802. The van der Waals surface area contributed by atoms with E-state index in [9.17, 15) is 0 Å². The Morgan fingerprint density at radius 2 is 2.00 bits per heavy atom. The van der Waals surface area contributed by atoms with E-state index in [1.807, 2.05) is 28.9 Å². The predicted octanol–water partition coefficient (Wildman–Crippen LogP) is 2.63. The molecule has 0 saturated carbocycles. The van der Waals surface area contributed by atoms with E-state index < -0.39 is 0 Å². The van der Waals surface area contributed by atoms with Crippen molar-refractivity contribution < 1.29 is 4.74 Å². The topological polar surface area (TPSA) is 45.6 Å². The van der Waals surface area contributed by atoms with Crippen molar-refractivity contribution in [1.29, 1.82) is 0 Å². The number of nitrogens with zero attached hydrogens (tertiary/aromatic N) is 4. The molecule has 0 aliphatic carbocycles. The number of methoxy groups -OCH3 is 1. The number of nitrogens with one attached hydrogen (secondary N) is 1. The molecule has 1 aliphatic heterocycles. The van der Waals surface area contributed by atoms with Crippen LogP contribution in [0, 0.1) is 16.3 Å². The largest absolute Gasteiger partial charge is 0.495 e. The molecule has 2 aromatic rings. The van der Waals surface area contributed by atoms with E-state index in [4.69, 9.17) is 23.4 Å². The zero-order valence-corrected chi connectivity index (χ0v) is 15.8. The summed E-state index contributed by atoms with van der Waals surface area (Å²) in [5, 5.41) is 8.66. The number of ether oxygens (including phenoxy) is 1. The van der Waals surface area contributed by atoms with Crippen LogP contribution in [0.25, 0.3) is 0 Å². The lowest BCUT2D eigenvalue weighted by atomic mass is 10.3. The Labute approximate surface area is 157 Å². The van der Waals surface area contributed by atoms with Crippen LogP contribution < -0.4 is 10.1 Å². The van der Waals surface area contributed by atoms with E-state index in [2.05, 4.69) is 26.1 Å². The van der Waals surface area contributed by atoms with Gasteiger partial charge in [0.15, 0.2) is 3.95 Å². The number of para-hydroxylation sites is 2. The third-order valence-electron chi connectivity index (χ3n) is 4.07. The summed E-state index contributed by atoms with van der Waals surface area (Å²) >= 11 is 6.93. The molecule has 1 fully saturated rings. The Kier molecular flexibility index (Phi) is 6.04. The average molecular weight is 376 g/mol. The molecular formula is C17H21N5OS2. The van der Waals surface area contributed by atoms with Gasteiger partial charge in [-0.15, -0.1) is 11.5 Å². The molecule has 6 nitrogen and oxygen atoms in total. The Morgan fingerprint density at radius 3 is 2.72 bits per heavy atom. The van der Waals surface area contributed by atoms with Crippen LogP contribution in [0.2, 0.25) is 0 Å². The van der Waals surface area contributed by atoms with Crippen molar-refractivity contribution in [2.24, 2.45) is 0 Å². The highest BCUT2D eigenvalue weighted by Gasteiger charge is 2.17. The summed E-state index contributed by atoms with van der Waals surface area (Å²) in [6.45, 7) is 5.32. The molecule has 0 atom stereocenters. The first-order chi connectivity index (χ1) is 12.2. The second-order valence-corrected chi connectivity index (χ2v) is 7.36. The quantitative estimate of drug-likeness (QED) is 0.619. The molecule has 2 heterocycles. The highest BCUT2D eigenvalue weighted by molar-refractivity contribution is 7.73. The van der Waals surface area contributed by atoms with Crippen molar-refractivity contribution in [3.63, 3.8) is 0 Å². The second kappa shape index (κ2) is 8.45. The first-order valence-corrected chi connectivity index (χ1v) is 9.28. The summed E-state index contributed by atoms with van der Waals surface area (Å²) in [5.41, 5.74) is 0.879. The summed E-state index contributed by atoms with van der Waals surface area (Å²) in [4.78, 5) is 4.63. The second-order valence-electron chi connectivity index (χ2n) is 5.74. The molecule has 132 valence electrons. The number of terminal acetylenes is 1. The molecule has 1 aromatic carbocycles. The van der Waals surface area contributed by atoms with E-state index in [1.54, 1.807) is 7.11 Å². The zero-order chi connectivity index (χ0) is 17.6. The lowest BCUT2D eigenvalue weighted by molar-refractivity contribution is 0.112. The number of benzene rings is 1. The van der Waals surface area contributed by atoms with Gasteiger partial charge in [0, 0.05) is 26.2 Å². The number of piperazine rings is 1. The molecule has 0 unspecified atom stereocenters. The lowest BCUT2D eigenvalue weighted by Crippen LogP contribution is -2.46. The Hall–Kier alpha value is -1.92. The van der Waals surface area contributed by atoms with Gasteiger partial charge in [-0.1, -0.05) is 29.4 Å². The minimum atomic E-state index is 0.701. The fraction of sp³-hybridized carbons (Fsp3) is 0.412. The van der Waals surface area contributed by atoms with Crippen LogP contribution in [0.3, 0.4) is 0 Å². The fourth-order valence-corrected chi connectivity index (χ4v) is 3.72. The molecule has 1 aliphatic rings. The van der Waals surface area contributed by atoms with Gasteiger partial charge in [-0.2, -0.15) is 0 Å². The number of anilines is 2. The van der Waals surface area contributed by atoms with E-state index in [-0.39, 0.29) is 0 Å². The Morgan fingerprint density at radius 1 is 1.28 bits per heavy atom. The van der Waals surface area contributed by atoms with Crippen molar-refractivity contribution in [3.05, 3.63) is 28.2 Å². The normalized spacial score (nSPS) is 15.7. The summed E-state index contributed by atoms with van der Waals surface area (Å²) in [6.07, 6.45) is 5.38. The molecule has 1 aromatic heterocycles. The maximum absolute atomic E-state index is 5.47. The third kappa shape index (κ3) is 4.58. The van der Waals surface area contributed by atoms with Crippen molar-refractivity contribution >= 4 is 34.4 Å². The van der Waals surface area contributed by atoms with Crippen LogP contribution in [0.15, 0.2) is 24.3 Å². The van der Waals surface area contributed by atoms with Gasteiger partial charge in [-0.05, 0) is 24.4 Å². The van der Waals surface area contributed by atoms with Gasteiger partial charge in [0.2, 0.25) is 5.13 Å². The van der Waals surface area contributed by atoms with Crippen LogP contribution >= 0.6 is 23.6 Å². The van der Waals surface area contributed by atoms with Crippen molar-refractivity contribution in [2.75, 3.05) is 45.2 Å². The van der Waals surface area contributed by atoms with Crippen LogP contribution in [-0.4, -0.2) is 59.4 Å². The zero-order valence-electron chi connectivity index (χ0n) is 14.1. The van der Waals surface area contributed by atoms with Crippen molar-refractivity contribution in [1.82, 2.24) is 19.6 Å². The summed E-state index contributed by atoms with van der Waals surface area (Å²) in [7, 11) is 1.65. The van der Waals surface area contributed by atoms with Crippen molar-refractivity contribution in [2.45, 2.75) is 6.67 Å². The summed E-state index contributed by atoms with van der Waals surface area (Å²) in [5.74, 6) is 3.48. The Balaban J connectivity index is 1.63. The molecule has 0 amide bonds. The smallest absolute Gasteiger partial charge is 0.209 e. The average Bonchev–Trinajstić information content (AvgIpc) is 2.96. The van der Waals surface area contributed by atoms with Crippen LogP contribution in [-0.2, 0) is 6.67 Å². The first-order valence-electron chi connectivity index (χ1n) is 8.06. The SMILES string of the molecule is C#CCN1CCN(Cn2nc(Nc3ccccc3OC)sc2=S)CC1. The maximum atomic E-state index is 5.47. The van der Waals surface area contributed by atoms with Gasteiger partial charge in [0.25, 0.3) is 0 Å². The number of hydrogen-bond donors (Lipinski definition) is 1. The van der Waals surface area contributed by atoms with Gasteiger partial charge >= 0.3 is 0 Å². The molecule has 1 N–H and O–H groups in total. The number of aromatic nitrogens is 2. The molecule has 0 radical (unpaired) electrons. The van der Waals surface area contributed by atoms with Crippen molar-refractivity contribution in [3.8, 4) is 18.1 Å². The standard InChI is InChI=1S/C17H21N5OS2/c1-3-8-20-9-11-21(12-10-20)13-22-17(24)25-16(19-22)18-14-6-4-5-7-15(14)23-2/h1,4-7H,8-13H2,2H3,(H,18,19). The molecule has 8 heteroatoms. The first kappa shape index (κ1) is 17.9. The van der Waals surface area contributed by atoms with E-state index in [0.29, 0.717) is 6.67 Å². The summed E-state index contributed by atoms with van der Waals surface area (Å²) in [6, 6.07) is 7.76. The fourth-order valence-electron chi connectivity index (χ4n) is 2.72. The van der Waals surface area contributed by atoms with Gasteiger partial charge in [-0.25, -0.2) is 4.68 Å². The van der Waals surface area contributed by atoms with Crippen LogP contribution in [0.5, 0.6) is 5.75 Å². The molecule has 1 saturated heterocycles. The maximum Gasteiger partial charge on any atom is 0.209 e. The van der Waals surface area contributed by atoms with Gasteiger partial charge < -0.3 is 10.1 Å². The molecular weight excluding hydrogens is 354 g/mol. The third-order valence-corrected chi connectivity index (χ3v) is 5.29. The van der Waals surface area contributed by atoms with Crippen LogP contribution in [0.4, 0.5) is 10.8 Å². The predicted molar refractivity (Wildman–Crippen MR) is 104 cm³/mol. The molecule has 0 bridgehead atoms. The molecule has 0 spiro atoms. The monoisotopic (exact) mass is 375 g/mol. The lowest BCUT2D eigenvalue weighted by Gasteiger charge is -2.33. The highest BCUT2D eigenvalue weighted by Crippen LogP contribution is 2.28. The van der Waals surface area contributed by atoms with Gasteiger partial charge in [0.1, 0.15) is 5.75 Å². The molecule has 3 rings (SSSR count).